The molecular weight excluding hydrogens is 204 g/mol. The molecule has 4 nitrogen and oxygen atoms in total. The van der Waals surface area contributed by atoms with Crippen molar-refractivity contribution in [1.29, 1.82) is 0 Å². The van der Waals surface area contributed by atoms with Crippen molar-refractivity contribution in [3.8, 4) is 0 Å². The number of nitrogens with two attached hydrogens (primary N) is 1. The summed E-state index contributed by atoms with van der Waals surface area (Å²) in [7, 11) is 0. The third-order valence-corrected chi connectivity index (χ3v) is 3.13. The van der Waals surface area contributed by atoms with Crippen LogP contribution in [0.4, 0.5) is 0 Å². The van der Waals surface area contributed by atoms with E-state index < -0.39 is 6.04 Å². The van der Waals surface area contributed by atoms with Gasteiger partial charge in [0.2, 0.25) is 11.8 Å². The summed E-state index contributed by atoms with van der Waals surface area (Å²) in [5.41, 5.74) is 5.30. The van der Waals surface area contributed by atoms with E-state index in [9.17, 15) is 9.59 Å². The van der Waals surface area contributed by atoms with Gasteiger partial charge in [-0.05, 0) is 24.7 Å². The van der Waals surface area contributed by atoms with Gasteiger partial charge < -0.3 is 10.6 Å². The first-order valence-corrected chi connectivity index (χ1v) is 6.04. The van der Waals surface area contributed by atoms with E-state index in [2.05, 4.69) is 13.8 Å². The highest BCUT2D eigenvalue weighted by molar-refractivity contribution is 5.87. The quantitative estimate of drug-likeness (QED) is 0.764. The Bertz CT molecular complexity index is 276. The zero-order chi connectivity index (χ0) is 12.3. The molecule has 0 aromatic carbocycles. The Kier molecular flexibility index (Phi) is 4.33. The number of carbonyl (C=O) groups excluding carboxylic acids is 2. The zero-order valence-electron chi connectivity index (χ0n) is 10.4. The summed E-state index contributed by atoms with van der Waals surface area (Å²) < 4.78 is 0. The molecule has 0 spiro atoms. The molecule has 2 amide bonds. The second-order valence-electron chi connectivity index (χ2n) is 5.07. The largest absolute Gasteiger partial charge is 0.368 e. The Labute approximate surface area is 97.2 Å². The summed E-state index contributed by atoms with van der Waals surface area (Å²) >= 11 is 0. The fourth-order valence-corrected chi connectivity index (χ4v) is 2.51. The second kappa shape index (κ2) is 5.32. The van der Waals surface area contributed by atoms with Gasteiger partial charge in [-0.2, -0.15) is 0 Å². The van der Waals surface area contributed by atoms with Gasteiger partial charge in [0.1, 0.15) is 6.04 Å². The van der Waals surface area contributed by atoms with E-state index in [4.69, 9.17) is 5.73 Å². The van der Waals surface area contributed by atoms with Gasteiger partial charge in [-0.1, -0.05) is 20.8 Å². The molecule has 1 fully saturated rings. The summed E-state index contributed by atoms with van der Waals surface area (Å²) in [5, 5.41) is 0. The lowest BCUT2D eigenvalue weighted by atomic mass is 9.96. The molecule has 2 unspecified atom stereocenters. The molecule has 0 bridgehead atoms. The molecule has 2 N–H and O–H groups in total. The Morgan fingerprint density at radius 3 is 2.62 bits per heavy atom. The van der Waals surface area contributed by atoms with Gasteiger partial charge in [-0.15, -0.1) is 0 Å². The van der Waals surface area contributed by atoms with Gasteiger partial charge in [-0.3, -0.25) is 9.59 Å². The van der Waals surface area contributed by atoms with Crippen LogP contribution in [-0.4, -0.2) is 29.3 Å². The summed E-state index contributed by atoms with van der Waals surface area (Å²) in [6, 6.07) is -0.412. The number of carbonyl (C=O) groups is 2. The molecule has 1 aliphatic heterocycles. The highest BCUT2D eigenvalue weighted by Crippen LogP contribution is 2.26. The van der Waals surface area contributed by atoms with Crippen LogP contribution in [0.15, 0.2) is 0 Å². The molecule has 1 saturated heterocycles. The van der Waals surface area contributed by atoms with Gasteiger partial charge in [0.25, 0.3) is 0 Å². The van der Waals surface area contributed by atoms with E-state index in [0.29, 0.717) is 31.2 Å². The van der Waals surface area contributed by atoms with Gasteiger partial charge >= 0.3 is 0 Å². The maximum absolute atomic E-state index is 11.8. The average Bonchev–Trinajstić information content (AvgIpc) is 2.46. The number of rotatable bonds is 5. The van der Waals surface area contributed by atoms with Crippen molar-refractivity contribution in [2.24, 2.45) is 17.6 Å². The zero-order valence-corrected chi connectivity index (χ0v) is 10.4. The molecular formula is C12H22N2O2. The number of hydrogen-bond donors (Lipinski definition) is 1. The lowest BCUT2D eigenvalue weighted by Crippen LogP contribution is -2.45. The third-order valence-electron chi connectivity index (χ3n) is 3.13. The maximum Gasteiger partial charge on any atom is 0.240 e. The number of likely N-dealkylation sites (tertiary alicyclic amines) is 1. The van der Waals surface area contributed by atoms with Crippen molar-refractivity contribution < 1.29 is 9.59 Å². The standard InChI is InChI=1S/C12H22N2O2/c1-4-10(12(13)16)14-7-9(5-8(2)3)6-11(14)15/h8-10H,4-7H2,1-3H3,(H2,13,16). The SMILES string of the molecule is CCC(C(N)=O)N1CC(CC(C)C)CC1=O. The van der Waals surface area contributed by atoms with Crippen molar-refractivity contribution in [2.75, 3.05) is 6.54 Å². The predicted molar refractivity (Wildman–Crippen MR) is 62.5 cm³/mol. The van der Waals surface area contributed by atoms with Crippen LogP contribution < -0.4 is 5.73 Å². The monoisotopic (exact) mass is 226 g/mol. The Balaban J connectivity index is 2.63. The molecule has 4 heteroatoms. The van der Waals surface area contributed by atoms with Gasteiger partial charge in [0.15, 0.2) is 0 Å². The lowest BCUT2D eigenvalue weighted by molar-refractivity contribution is -0.136. The summed E-state index contributed by atoms with van der Waals surface area (Å²) in [5.74, 6) is 0.671. The Morgan fingerprint density at radius 1 is 1.56 bits per heavy atom. The number of hydrogen-bond acceptors (Lipinski definition) is 2. The van der Waals surface area contributed by atoms with Crippen LogP contribution in [0.5, 0.6) is 0 Å². The van der Waals surface area contributed by atoms with Crippen LogP contribution in [0.2, 0.25) is 0 Å². The molecule has 92 valence electrons. The van der Waals surface area contributed by atoms with Crippen LogP contribution in [0.3, 0.4) is 0 Å². The number of amides is 2. The van der Waals surface area contributed by atoms with Crippen molar-refractivity contribution in [2.45, 2.75) is 46.1 Å². The van der Waals surface area contributed by atoms with Crippen molar-refractivity contribution >= 4 is 11.8 Å². The third kappa shape index (κ3) is 2.97. The van der Waals surface area contributed by atoms with Crippen LogP contribution in [0.25, 0.3) is 0 Å². The van der Waals surface area contributed by atoms with E-state index in [1.165, 1.54) is 0 Å². The van der Waals surface area contributed by atoms with Crippen LogP contribution in [0, 0.1) is 11.8 Å². The highest BCUT2D eigenvalue weighted by atomic mass is 16.2. The molecule has 16 heavy (non-hydrogen) atoms. The van der Waals surface area contributed by atoms with Crippen molar-refractivity contribution in [3.63, 3.8) is 0 Å². The van der Waals surface area contributed by atoms with Crippen LogP contribution in [0.1, 0.15) is 40.0 Å². The Morgan fingerprint density at radius 2 is 2.19 bits per heavy atom. The summed E-state index contributed by atoms with van der Waals surface area (Å²) in [4.78, 5) is 24.7. The molecule has 1 aliphatic rings. The fourth-order valence-electron chi connectivity index (χ4n) is 2.51. The van der Waals surface area contributed by atoms with Gasteiger partial charge in [0.05, 0.1) is 0 Å². The number of nitrogens with zero attached hydrogens (tertiary/aromatic N) is 1. The minimum Gasteiger partial charge on any atom is -0.368 e. The maximum atomic E-state index is 11.8. The molecule has 0 aromatic heterocycles. The van der Waals surface area contributed by atoms with Crippen LogP contribution in [-0.2, 0) is 9.59 Å². The summed E-state index contributed by atoms with van der Waals surface area (Å²) in [6.07, 6.45) is 2.22. The van der Waals surface area contributed by atoms with Crippen molar-refractivity contribution in [3.05, 3.63) is 0 Å². The minimum atomic E-state index is -0.412. The fraction of sp³-hybridized carbons (Fsp3) is 0.833. The van der Waals surface area contributed by atoms with Crippen molar-refractivity contribution in [1.82, 2.24) is 4.90 Å². The van der Waals surface area contributed by atoms with Crippen LogP contribution >= 0.6 is 0 Å². The first-order valence-electron chi connectivity index (χ1n) is 6.04. The molecule has 1 heterocycles. The number of primary amides is 1. The molecule has 0 saturated carbocycles. The topological polar surface area (TPSA) is 63.4 Å². The van der Waals surface area contributed by atoms with E-state index in [1.807, 2.05) is 6.92 Å². The van der Waals surface area contributed by atoms with E-state index in [0.717, 1.165) is 6.42 Å². The lowest BCUT2D eigenvalue weighted by Gasteiger charge is -2.24. The summed E-state index contributed by atoms with van der Waals surface area (Å²) in [6.45, 7) is 6.88. The van der Waals surface area contributed by atoms with E-state index in [1.54, 1.807) is 4.90 Å². The first kappa shape index (κ1) is 13.0. The Hall–Kier alpha value is -1.06. The second-order valence-corrected chi connectivity index (χ2v) is 5.07. The smallest absolute Gasteiger partial charge is 0.240 e. The molecule has 2 atom stereocenters. The molecule has 1 rings (SSSR count). The molecule has 0 radical (unpaired) electrons. The highest BCUT2D eigenvalue weighted by Gasteiger charge is 2.35. The van der Waals surface area contributed by atoms with E-state index in [-0.39, 0.29) is 11.8 Å². The molecule has 0 aliphatic carbocycles. The minimum absolute atomic E-state index is 0.0799. The normalized spacial score (nSPS) is 22.9. The van der Waals surface area contributed by atoms with Gasteiger partial charge in [-0.25, -0.2) is 0 Å². The van der Waals surface area contributed by atoms with Gasteiger partial charge in [0, 0.05) is 13.0 Å². The first-order chi connectivity index (χ1) is 7.45. The predicted octanol–water partition coefficient (Wildman–Crippen LogP) is 1.14. The molecule has 0 aromatic rings. The average molecular weight is 226 g/mol. The van der Waals surface area contributed by atoms with E-state index >= 15 is 0 Å².